The predicted octanol–water partition coefficient (Wildman–Crippen LogP) is 3.75. The Morgan fingerprint density at radius 3 is 2.71 bits per heavy atom. The van der Waals surface area contributed by atoms with Crippen LogP contribution in [0, 0.1) is 5.82 Å². The summed E-state index contributed by atoms with van der Waals surface area (Å²) in [6.07, 6.45) is 0.339. The van der Waals surface area contributed by atoms with E-state index in [1.54, 1.807) is 6.07 Å². The molecule has 1 aliphatic heterocycles. The van der Waals surface area contributed by atoms with E-state index in [4.69, 9.17) is 4.74 Å². The van der Waals surface area contributed by atoms with Crippen LogP contribution >= 0.6 is 0 Å². The smallest absolute Gasteiger partial charge is 0.407 e. The molecule has 1 heterocycles. The number of carbonyl (C=O) groups is 1. The maximum Gasteiger partial charge on any atom is 0.407 e. The zero-order valence-electron chi connectivity index (χ0n) is 15.1. The average molecular weight is 337 g/mol. The van der Waals surface area contributed by atoms with Crippen LogP contribution in [0.4, 0.5) is 20.6 Å². The highest BCUT2D eigenvalue weighted by Gasteiger charge is 2.27. The van der Waals surface area contributed by atoms with E-state index in [2.05, 4.69) is 10.6 Å². The van der Waals surface area contributed by atoms with Gasteiger partial charge in [0.2, 0.25) is 0 Å². The Hall–Kier alpha value is -1.98. The molecule has 1 unspecified atom stereocenters. The Morgan fingerprint density at radius 2 is 2.08 bits per heavy atom. The van der Waals surface area contributed by atoms with E-state index in [0.717, 1.165) is 12.1 Å². The molecule has 0 saturated carbocycles. The molecule has 2 N–H and O–H groups in total. The van der Waals surface area contributed by atoms with Gasteiger partial charge in [0, 0.05) is 24.8 Å². The number of nitrogens with one attached hydrogen (secondary N) is 2. The molecular weight excluding hydrogens is 309 g/mol. The van der Waals surface area contributed by atoms with E-state index in [0.29, 0.717) is 18.8 Å². The lowest BCUT2D eigenvalue weighted by Gasteiger charge is -2.23. The van der Waals surface area contributed by atoms with Crippen molar-refractivity contribution in [3.63, 3.8) is 0 Å². The number of benzene rings is 1. The number of anilines is 2. The van der Waals surface area contributed by atoms with Gasteiger partial charge in [-0.15, -0.1) is 0 Å². The monoisotopic (exact) mass is 337 g/mol. The van der Waals surface area contributed by atoms with Gasteiger partial charge < -0.3 is 20.3 Å². The van der Waals surface area contributed by atoms with Crippen LogP contribution in [0.5, 0.6) is 0 Å². The molecule has 0 radical (unpaired) electrons. The second-order valence-corrected chi connectivity index (χ2v) is 7.54. The fraction of sp³-hybridized carbons (Fsp3) is 0.611. The summed E-state index contributed by atoms with van der Waals surface area (Å²) in [4.78, 5) is 13.8. The van der Waals surface area contributed by atoms with Crippen LogP contribution in [0.3, 0.4) is 0 Å². The molecule has 134 valence electrons. The maximum absolute atomic E-state index is 14.2. The minimum absolute atomic E-state index is 0.0408. The molecule has 0 bridgehead atoms. The molecule has 6 heteroatoms. The number of halogens is 1. The van der Waals surface area contributed by atoms with Crippen LogP contribution < -0.4 is 15.5 Å². The summed E-state index contributed by atoms with van der Waals surface area (Å²) < 4.78 is 19.5. The van der Waals surface area contributed by atoms with E-state index in [1.165, 1.54) is 6.07 Å². The molecular formula is C18H28FN3O2. The molecule has 1 saturated heterocycles. The van der Waals surface area contributed by atoms with Crippen molar-refractivity contribution < 1.29 is 13.9 Å². The Bertz CT molecular complexity index is 584. The lowest BCUT2D eigenvalue weighted by atomic mass is 10.2. The lowest BCUT2D eigenvalue weighted by Crippen LogP contribution is -2.40. The SMILES string of the molecule is CC(C)Nc1ccc(F)c(N2CCC(NC(=O)OC(C)(C)C)C2)c1. The van der Waals surface area contributed by atoms with Crippen molar-refractivity contribution in [2.24, 2.45) is 0 Å². The highest BCUT2D eigenvalue weighted by molar-refractivity contribution is 5.68. The molecule has 1 amide bonds. The molecule has 1 aliphatic rings. The number of alkyl carbamates (subject to hydrolysis) is 1. The predicted molar refractivity (Wildman–Crippen MR) is 95.1 cm³/mol. The number of nitrogens with zero attached hydrogens (tertiary/aromatic N) is 1. The van der Waals surface area contributed by atoms with Crippen molar-refractivity contribution in [1.29, 1.82) is 0 Å². The van der Waals surface area contributed by atoms with E-state index < -0.39 is 11.7 Å². The average Bonchev–Trinajstić information content (AvgIpc) is 2.86. The van der Waals surface area contributed by atoms with Crippen molar-refractivity contribution in [3.8, 4) is 0 Å². The van der Waals surface area contributed by atoms with E-state index in [1.807, 2.05) is 45.6 Å². The van der Waals surface area contributed by atoms with Crippen LogP contribution in [0.15, 0.2) is 18.2 Å². The van der Waals surface area contributed by atoms with Crippen LogP contribution in [-0.2, 0) is 4.74 Å². The molecule has 5 nitrogen and oxygen atoms in total. The molecule has 0 aromatic heterocycles. The Morgan fingerprint density at radius 1 is 1.38 bits per heavy atom. The Kier molecular flexibility index (Phi) is 5.57. The first kappa shape index (κ1) is 18.4. The molecule has 1 aromatic carbocycles. The number of ether oxygens (including phenoxy) is 1. The van der Waals surface area contributed by atoms with Crippen molar-refractivity contribution >= 4 is 17.5 Å². The minimum atomic E-state index is -0.522. The van der Waals surface area contributed by atoms with Gasteiger partial charge in [0.1, 0.15) is 11.4 Å². The first-order valence-corrected chi connectivity index (χ1v) is 8.44. The standard InChI is InChI=1S/C18H28FN3O2/c1-12(2)20-13-6-7-15(19)16(10-13)22-9-8-14(11-22)21-17(23)24-18(3,4)5/h6-7,10,12,14,20H,8-9,11H2,1-5H3,(H,21,23). The van der Waals surface area contributed by atoms with E-state index in [9.17, 15) is 9.18 Å². The van der Waals surface area contributed by atoms with Gasteiger partial charge in [0.05, 0.1) is 11.7 Å². The normalized spacial score (nSPS) is 18.0. The Balaban J connectivity index is 1.99. The largest absolute Gasteiger partial charge is 0.444 e. The molecule has 0 spiro atoms. The van der Waals surface area contributed by atoms with E-state index in [-0.39, 0.29) is 17.9 Å². The van der Waals surface area contributed by atoms with Gasteiger partial charge >= 0.3 is 6.09 Å². The summed E-state index contributed by atoms with van der Waals surface area (Å²) in [7, 11) is 0. The van der Waals surface area contributed by atoms with Gasteiger partial charge in [-0.25, -0.2) is 9.18 Å². The molecule has 24 heavy (non-hydrogen) atoms. The fourth-order valence-electron chi connectivity index (χ4n) is 2.75. The Labute approximate surface area is 143 Å². The number of rotatable bonds is 4. The van der Waals surface area contributed by atoms with Crippen molar-refractivity contribution in [2.45, 2.75) is 58.7 Å². The van der Waals surface area contributed by atoms with Gasteiger partial charge in [0.15, 0.2) is 0 Å². The van der Waals surface area contributed by atoms with E-state index >= 15 is 0 Å². The second kappa shape index (κ2) is 7.28. The zero-order chi connectivity index (χ0) is 17.9. The first-order valence-electron chi connectivity index (χ1n) is 8.44. The van der Waals surface area contributed by atoms with Gasteiger partial charge in [-0.05, 0) is 59.2 Å². The highest BCUT2D eigenvalue weighted by atomic mass is 19.1. The van der Waals surface area contributed by atoms with Gasteiger partial charge in [-0.3, -0.25) is 0 Å². The van der Waals surface area contributed by atoms with Crippen molar-refractivity contribution in [1.82, 2.24) is 5.32 Å². The number of amides is 1. The van der Waals surface area contributed by atoms with Crippen molar-refractivity contribution in [2.75, 3.05) is 23.3 Å². The molecule has 1 aromatic rings. The van der Waals surface area contributed by atoms with Crippen LogP contribution in [0.1, 0.15) is 41.0 Å². The third-order valence-corrected chi connectivity index (χ3v) is 3.65. The van der Waals surface area contributed by atoms with Gasteiger partial charge in [-0.1, -0.05) is 0 Å². The third kappa shape index (κ3) is 5.28. The molecule has 0 aliphatic carbocycles. The topological polar surface area (TPSA) is 53.6 Å². The van der Waals surface area contributed by atoms with Crippen LogP contribution in [-0.4, -0.2) is 36.9 Å². The molecule has 2 rings (SSSR count). The second-order valence-electron chi connectivity index (χ2n) is 7.54. The van der Waals surface area contributed by atoms with Crippen LogP contribution in [0.25, 0.3) is 0 Å². The first-order chi connectivity index (χ1) is 11.1. The van der Waals surface area contributed by atoms with Gasteiger partial charge in [0.25, 0.3) is 0 Å². The molecule has 1 atom stereocenters. The summed E-state index contributed by atoms with van der Waals surface area (Å²) in [6, 6.07) is 5.29. The minimum Gasteiger partial charge on any atom is -0.444 e. The maximum atomic E-state index is 14.2. The fourth-order valence-corrected chi connectivity index (χ4v) is 2.75. The van der Waals surface area contributed by atoms with Crippen molar-refractivity contribution in [3.05, 3.63) is 24.0 Å². The summed E-state index contributed by atoms with van der Waals surface area (Å²) in [5.74, 6) is -0.248. The third-order valence-electron chi connectivity index (χ3n) is 3.65. The summed E-state index contributed by atoms with van der Waals surface area (Å²) in [6.45, 7) is 10.8. The van der Waals surface area contributed by atoms with Crippen LogP contribution in [0.2, 0.25) is 0 Å². The quantitative estimate of drug-likeness (QED) is 0.878. The zero-order valence-corrected chi connectivity index (χ0v) is 15.1. The lowest BCUT2D eigenvalue weighted by molar-refractivity contribution is 0.0509. The number of carbonyl (C=O) groups excluding carboxylic acids is 1. The summed E-state index contributed by atoms with van der Waals surface area (Å²) in [5.41, 5.74) is 0.935. The highest BCUT2D eigenvalue weighted by Crippen LogP contribution is 2.27. The molecule has 1 fully saturated rings. The number of hydrogen-bond acceptors (Lipinski definition) is 4. The summed E-state index contributed by atoms with van der Waals surface area (Å²) >= 11 is 0. The number of hydrogen-bond donors (Lipinski definition) is 2. The van der Waals surface area contributed by atoms with Gasteiger partial charge in [-0.2, -0.15) is 0 Å². The summed E-state index contributed by atoms with van der Waals surface area (Å²) in [5, 5.41) is 6.14.